The summed E-state index contributed by atoms with van der Waals surface area (Å²) in [6.07, 6.45) is 1.59. The van der Waals surface area contributed by atoms with Crippen LogP contribution >= 0.6 is 0 Å². The molecule has 0 atom stereocenters. The molecule has 1 aliphatic heterocycles. The molecule has 17 heavy (non-hydrogen) atoms. The minimum atomic E-state index is -3.42. The number of aryl methyl sites for hydroxylation is 1. The predicted octanol–water partition coefficient (Wildman–Crippen LogP) is 1.13. The molecule has 1 aromatic carbocycles. The Labute approximate surface area is 99.3 Å². The zero-order chi connectivity index (χ0) is 12.0. The van der Waals surface area contributed by atoms with Gasteiger partial charge in [0.05, 0.1) is 17.6 Å². The first-order chi connectivity index (χ1) is 8.10. The molecule has 0 unspecified atom stereocenters. The van der Waals surface area contributed by atoms with Gasteiger partial charge in [-0.1, -0.05) is 18.2 Å². The van der Waals surface area contributed by atoms with Crippen molar-refractivity contribution >= 4 is 15.8 Å². The second-order valence-corrected chi connectivity index (χ2v) is 5.76. The van der Waals surface area contributed by atoms with Crippen LogP contribution in [0.5, 0.6) is 0 Å². The van der Waals surface area contributed by atoms with E-state index in [2.05, 4.69) is 5.10 Å². The van der Waals surface area contributed by atoms with Gasteiger partial charge in [0.25, 0.3) is 10.0 Å². The van der Waals surface area contributed by atoms with Crippen LogP contribution < -0.4 is 4.31 Å². The summed E-state index contributed by atoms with van der Waals surface area (Å²) in [7, 11) is -1.69. The molecule has 1 aliphatic rings. The van der Waals surface area contributed by atoms with E-state index in [1.54, 1.807) is 36.1 Å². The normalized spacial score (nSPS) is 17.1. The van der Waals surface area contributed by atoms with Crippen LogP contribution in [-0.2, 0) is 23.6 Å². The molecule has 0 saturated heterocycles. The predicted molar refractivity (Wildman–Crippen MR) is 63.0 cm³/mol. The highest BCUT2D eigenvalue weighted by atomic mass is 32.2. The molecule has 0 aliphatic carbocycles. The van der Waals surface area contributed by atoms with Crippen LogP contribution in [-0.4, -0.2) is 18.2 Å². The van der Waals surface area contributed by atoms with Gasteiger partial charge in [0.15, 0.2) is 0 Å². The van der Waals surface area contributed by atoms with E-state index < -0.39 is 10.0 Å². The van der Waals surface area contributed by atoms with E-state index in [1.165, 1.54) is 4.31 Å². The lowest BCUT2D eigenvalue weighted by Gasteiger charge is -2.16. The lowest BCUT2D eigenvalue weighted by atomic mass is 10.2. The van der Waals surface area contributed by atoms with Crippen LogP contribution in [0.2, 0.25) is 0 Å². The Morgan fingerprint density at radius 2 is 2.00 bits per heavy atom. The average molecular weight is 249 g/mol. The molecule has 6 heteroatoms. The van der Waals surface area contributed by atoms with Crippen molar-refractivity contribution in [2.24, 2.45) is 7.05 Å². The minimum Gasteiger partial charge on any atom is -0.252 e. The Morgan fingerprint density at radius 3 is 2.65 bits per heavy atom. The fraction of sp³-hybridized carbons (Fsp3) is 0.182. The Balaban J connectivity index is 2.18. The van der Waals surface area contributed by atoms with Crippen molar-refractivity contribution < 1.29 is 8.42 Å². The summed E-state index contributed by atoms with van der Waals surface area (Å²) in [5.74, 6) is 0.584. The molecular weight excluding hydrogens is 238 g/mol. The lowest BCUT2D eigenvalue weighted by Crippen LogP contribution is -2.25. The van der Waals surface area contributed by atoms with Crippen LogP contribution in [0.3, 0.4) is 0 Å². The van der Waals surface area contributed by atoms with E-state index in [-0.39, 0.29) is 0 Å². The quantitative estimate of drug-likeness (QED) is 0.761. The fourth-order valence-corrected chi connectivity index (χ4v) is 3.75. The number of hydrogen-bond donors (Lipinski definition) is 0. The molecule has 0 spiro atoms. The lowest BCUT2D eigenvalue weighted by molar-refractivity contribution is 0.594. The maximum Gasteiger partial charge on any atom is 0.266 e. The third-order valence-corrected chi connectivity index (χ3v) is 4.76. The van der Waals surface area contributed by atoms with Crippen LogP contribution in [0, 0.1) is 0 Å². The zero-order valence-corrected chi connectivity index (χ0v) is 10.1. The average Bonchev–Trinajstić information content (AvgIpc) is 2.82. The van der Waals surface area contributed by atoms with Crippen molar-refractivity contribution in [3.05, 3.63) is 42.1 Å². The Hall–Kier alpha value is -1.82. The van der Waals surface area contributed by atoms with Crippen LogP contribution in [0.1, 0.15) is 5.56 Å². The fourth-order valence-electron chi connectivity index (χ4n) is 2.06. The van der Waals surface area contributed by atoms with Crippen LogP contribution in [0.15, 0.2) is 41.4 Å². The van der Waals surface area contributed by atoms with Gasteiger partial charge in [-0.3, -0.25) is 4.68 Å². The monoisotopic (exact) mass is 249 g/mol. The number of benzene rings is 1. The standard InChI is InChI=1S/C11H11N3O2S/c1-13-11(6-7-12-13)14-8-9-4-2-3-5-10(9)17(14,15)16/h2-7H,8H2,1H3. The van der Waals surface area contributed by atoms with Crippen molar-refractivity contribution in [3.63, 3.8) is 0 Å². The van der Waals surface area contributed by atoms with Crippen molar-refractivity contribution in [2.75, 3.05) is 4.31 Å². The Morgan fingerprint density at radius 1 is 1.24 bits per heavy atom. The van der Waals surface area contributed by atoms with E-state index in [4.69, 9.17) is 0 Å². The molecular formula is C11H11N3O2S. The zero-order valence-electron chi connectivity index (χ0n) is 9.24. The maximum atomic E-state index is 12.3. The van der Waals surface area contributed by atoms with Crippen LogP contribution in [0.4, 0.5) is 5.82 Å². The molecule has 5 nitrogen and oxygen atoms in total. The maximum absolute atomic E-state index is 12.3. The second kappa shape index (κ2) is 3.33. The third-order valence-electron chi connectivity index (χ3n) is 2.91. The van der Waals surface area contributed by atoms with Gasteiger partial charge in [-0.05, 0) is 11.6 Å². The first-order valence-corrected chi connectivity index (χ1v) is 6.63. The number of sulfonamides is 1. The SMILES string of the molecule is Cn1nccc1N1Cc2ccccc2S1(=O)=O. The number of fused-ring (bicyclic) bond motifs is 1. The highest BCUT2D eigenvalue weighted by Gasteiger charge is 2.35. The molecule has 2 aromatic rings. The molecule has 88 valence electrons. The van der Waals surface area contributed by atoms with Crippen LogP contribution in [0.25, 0.3) is 0 Å². The number of anilines is 1. The molecule has 0 N–H and O–H groups in total. The highest BCUT2D eigenvalue weighted by Crippen LogP contribution is 2.33. The summed E-state index contributed by atoms with van der Waals surface area (Å²) >= 11 is 0. The largest absolute Gasteiger partial charge is 0.266 e. The van der Waals surface area contributed by atoms with Gasteiger partial charge in [0.1, 0.15) is 5.82 Å². The van der Waals surface area contributed by atoms with Crippen molar-refractivity contribution in [3.8, 4) is 0 Å². The van der Waals surface area contributed by atoms with E-state index >= 15 is 0 Å². The number of aromatic nitrogens is 2. The third kappa shape index (κ3) is 1.37. The van der Waals surface area contributed by atoms with Gasteiger partial charge >= 0.3 is 0 Å². The van der Waals surface area contributed by atoms with E-state index in [1.807, 2.05) is 12.1 Å². The topological polar surface area (TPSA) is 55.2 Å². The summed E-state index contributed by atoms with van der Waals surface area (Å²) in [6.45, 7) is 0.373. The molecule has 3 rings (SSSR count). The molecule has 0 fully saturated rings. The van der Waals surface area contributed by atoms with E-state index in [0.717, 1.165) is 5.56 Å². The number of hydrogen-bond acceptors (Lipinski definition) is 3. The van der Waals surface area contributed by atoms with Crippen molar-refractivity contribution in [1.29, 1.82) is 0 Å². The number of nitrogens with zero attached hydrogens (tertiary/aromatic N) is 3. The first kappa shape index (κ1) is 10.3. The summed E-state index contributed by atoms with van der Waals surface area (Å²) in [4.78, 5) is 0.390. The summed E-state index contributed by atoms with van der Waals surface area (Å²) in [5, 5.41) is 4.00. The molecule has 0 radical (unpaired) electrons. The van der Waals surface area contributed by atoms with Gasteiger partial charge in [0, 0.05) is 13.1 Å². The highest BCUT2D eigenvalue weighted by molar-refractivity contribution is 7.93. The molecule has 0 amide bonds. The molecule has 0 saturated carbocycles. The summed E-state index contributed by atoms with van der Waals surface area (Å²) in [6, 6.07) is 8.76. The van der Waals surface area contributed by atoms with Gasteiger partial charge < -0.3 is 0 Å². The van der Waals surface area contributed by atoms with E-state index in [9.17, 15) is 8.42 Å². The van der Waals surface area contributed by atoms with E-state index in [0.29, 0.717) is 17.3 Å². The Kier molecular flexibility index (Phi) is 2.03. The second-order valence-electron chi connectivity index (χ2n) is 3.93. The van der Waals surface area contributed by atoms with Gasteiger partial charge in [-0.2, -0.15) is 5.10 Å². The Bertz CT molecular complexity index is 676. The molecule has 0 bridgehead atoms. The van der Waals surface area contributed by atoms with Gasteiger partial charge in [-0.15, -0.1) is 0 Å². The summed E-state index contributed by atoms with van der Waals surface area (Å²) < 4.78 is 27.6. The number of rotatable bonds is 1. The van der Waals surface area contributed by atoms with Crippen molar-refractivity contribution in [2.45, 2.75) is 11.4 Å². The van der Waals surface area contributed by atoms with Gasteiger partial charge in [-0.25, -0.2) is 12.7 Å². The minimum absolute atomic E-state index is 0.373. The summed E-state index contributed by atoms with van der Waals surface area (Å²) in [5.41, 5.74) is 0.828. The first-order valence-electron chi connectivity index (χ1n) is 5.19. The van der Waals surface area contributed by atoms with Gasteiger partial charge in [0.2, 0.25) is 0 Å². The van der Waals surface area contributed by atoms with Crippen molar-refractivity contribution in [1.82, 2.24) is 9.78 Å². The molecule has 2 heterocycles. The smallest absolute Gasteiger partial charge is 0.252 e. The molecule has 1 aromatic heterocycles.